The highest BCUT2D eigenvalue weighted by molar-refractivity contribution is 7.89. The van der Waals surface area contributed by atoms with E-state index in [9.17, 15) is 18.3 Å². The summed E-state index contributed by atoms with van der Waals surface area (Å²) in [7, 11) is -2.47. The molecule has 1 fully saturated rings. The quantitative estimate of drug-likeness (QED) is 0.687. The highest BCUT2D eigenvalue weighted by Gasteiger charge is 2.42. The lowest BCUT2D eigenvalue weighted by Crippen LogP contribution is -2.49. The van der Waals surface area contributed by atoms with Gasteiger partial charge in [-0.2, -0.15) is 4.31 Å². The Labute approximate surface area is 177 Å². The Balaban J connectivity index is 1.80. The number of carbonyl (C=O) groups is 1. The highest BCUT2D eigenvalue weighted by atomic mass is 32.2. The van der Waals surface area contributed by atoms with Crippen LogP contribution in [0, 0.1) is 5.92 Å². The maximum Gasteiger partial charge on any atom is 0.322 e. The number of benzene rings is 2. The first-order chi connectivity index (χ1) is 14.4. The van der Waals surface area contributed by atoms with E-state index in [0.717, 1.165) is 16.3 Å². The van der Waals surface area contributed by atoms with E-state index in [1.807, 2.05) is 30.3 Å². The van der Waals surface area contributed by atoms with Crippen LogP contribution in [0.3, 0.4) is 0 Å². The summed E-state index contributed by atoms with van der Waals surface area (Å²) < 4.78 is 38.6. The number of hydrogen-bond acceptors (Lipinski definition) is 5. The summed E-state index contributed by atoms with van der Waals surface area (Å²) in [6.45, 7) is 0.704. The minimum absolute atomic E-state index is 0.0559. The van der Waals surface area contributed by atoms with E-state index in [4.69, 9.17) is 9.47 Å². The average Bonchev–Trinajstić information content (AvgIpc) is 2.98. The molecule has 0 bridgehead atoms. The molecule has 3 rings (SSSR count). The lowest BCUT2D eigenvalue weighted by Gasteiger charge is -2.31. The van der Waals surface area contributed by atoms with Crippen LogP contribution in [-0.4, -0.2) is 50.1 Å². The van der Waals surface area contributed by atoms with Crippen LogP contribution in [0.4, 0.5) is 0 Å². The maximum atomic E-state index is 13.3. The fourth-order valence-corrected chi connectivity index (χ4v) is 5.44. The van der Waals surface area contributed by atoms with Gasteiger partial charge in [0.15, 0.2) is 0 Å². The van der Waals surface area contributed by atoms with Gasteiger partial charge >= 0.3 is 5.97 Å². The SMILES string of the molecule is COc1ccc(S(=O)(=O)N2CCCCC(COCc3ccccc3)C2C(=O)O)cc1. The van der Waals surface area contributed by atoms with Crippen molar-refractivity contribution in [1.29, 1.82) is 0 Å². The zero-order valence-corrected chi connectivity index (χ0v) is 17.8. The summed E-state index contributed by atoms with van der Waals surface area (Å²) in [5.41, 5.74) is 0.987. The van der Waals surface area contributed by atoms with Crippen LogP contribution < -0.4 is 4.74 Å². The lowest BCUT2D eigenvalue weighted by atomic mass is 9.96. The van der Waals surface area contributed by atoms with Crippen LogP contribution in [0.1, 0.15) is 24.8 Å². The van der Waals surface area contributed by atoms with Gasteiger partial charge < -0.3 is 14.6 Å². The number of ether oxygens (including phenoxy) is 2. The fourth-order valence-electron chi connectivity index (χ4n) is 3.76. The summed E-state index contributed by atoms with van der Waals surface area (Å²) in [6.07, 6.45) is 1.95. The molecule has 1 aliphatic rings. The minimum Gasteiger partial charge on any atom is -0.497 e. The predicted molar refractivity (Wildman–Crippen MR) is 112 cm³/mol. The second-order valence-electron chi connectivity index (χ2n) is 7.33. The zero-order valence-electron chi connectivity index (χ0n) is 16.9. The molecule has 162 valence electrons. The van der Waals surface area contributed by atoms with Crippen molar-refractivity contribution in [2.75, 3.05) is 20.3 Å². The van der Waals surface area contributed by atoms with Crippen molar-refractivity contribution in [3.8, 4) is 5.75 Å². The van der Waals surface area contributed by atoms with Crippen LogP contribution in [0.15, 0.2) is 59.5 Å². The number of aliphatic carboxylic acids is 1. The molecule has 0 spiro atoms. The van der Waals surface area contributed by atoms with Crippen LogP contribution in [-0.2, 0) is 26.2 Å². The van der Waals surface area contributed by atoms with Gasteiger partial charge in [-0.15, -0.1) is 0 Å². The standard InChI is InChI=1S/C22H27NO6S/c1-28-19-10-12-20(13-11-19)30(26,27)23-14-6-5-9-18(21(23)22(24)25)16-29-15-17-7-3-2-4-8-17/h2-4,7-8,10-13,18,21H,5-6,9,14-16H2,1H3,(H,24,25). The predicted octanol–water partition coefficient (Wildman–Crippen LogP) is 3.16. The van der Waals surface area contributed by atoms with Crippen molar-refractivity contribution < 1.29 is 27.8 Å². The number of methoxy groups -OCH3 is 1. The second-order valence-corrected chi connectivity index (χ2v) is 9.22. The molecule has 2 aromatic carbocycles. The summed E-state index contributed by atoms with van der Waals surface area (Å²) in [5, 5.41) is 9.93. The topological polar surface area (TPSA) is 93.1 Å². The fraction of sp³-hybridized carbons (Fsp3) is 0.409. The van der Waals surface area contributed by atoms with Crippen molar-refractivity contribution in [2.24, 2.45) is 5.92 Å². The summed E-state index contributed by atoms with van der Waals surface area (Å²) in [5.74, 6) is -1.05. The molecule has 1 saturated heterocycles. The summed E-state index contributed by atoms with van der Waals surface area (Å²) in [6, 6.07) is 14.4. The van der Waals surface area contributed by atoms with Crippen LogP contribution in [0.25, 0.3) is 0 Å². The molecule has 30 heavy (non-hydrogen) atoms. The number of sulfonamides is 1. The van der Waals surface area contributed by atoms with Crippen molar-refractivity contribution >= 4 is 16.0 Å². The molecule has 2 atom stereocenters. The van der Waals surface area contributed by atoms with Gasteiger partial charge in [-0.05, 0) is 42.7 Å². The van der Waals surface area contributed by atoms with E-state index in [1.165, 1.54) is 19.2 Å². The second kappa shape index (κ2) is 10.1. The number of carboxylic acid groups (broad SMARTS) is 1. The smallest absolute Gasteiger partial charge is 0.322 e. The molecule has 0 amide bonds. The van der Waals surface area contributed by atoms with E-state index in [2.05, 4.69) is 0 Å². The molecule has 1 N–H and O–H groups in total. The molecule has 0 aromatic heterocycles. The first-order valence-electron chi connectivity index (χ1n) is 9.94. The number of nitrogens with zero attached hydrogens (tertiary/aromatic N) is 1. The van der Waals surface area contributed by atoms with E-state index < -0.39 is 28.0 Å². The highest BCUT2D eigenvalue weighted by Crippen LogP contribution is 2.30. The lowest BCUT2D eigenvalue weighted by molar-refractivity contribution is -0.144. The molecule has 0 saturated carbocycles. The Morgan fingerprint density at radius 2 is 1.80 bits per heavy atom. The van der Waals surface area contributed by atoms with Crippen molar-refractivity contribution in [1.82, 2.24) is 4.31 Å². The first-order valence-corrected chi connectivity index (χ1v) is 11.4. The Kier molecular flexibility index (Phi) is 7.47. The van der Waals surface area contributed by atoms with Gasteiger partial charge in [0.2, 0.25) is 10.0 Å². The minimum atomic E-state index is -3.97. The van der Waals surface area contributed by atoms with E-state index in [-0.39, 0.29) is 18.0 Å². The van der Waals surface area contributed by atoms with E-state index in [0.29, 0.717) is 25.2 Å². The molecule has 2 unspecified atom stereocenters. The molecule has 1 heterocycles. The van der Waals surface area contributed by atoms with Gasteiger partial charge in [-0.1, -0.05) is 36.8 Å². The normalized spacial score (nSPS) is 20.4. The largest absolute Gasteiger partial charge is 0.497 e. The van der Waals surface area contributed by atoms with Crippen molar-refractivity contribution in [3.05, 3.63) is 60.2 Å². The third kappa shape index (κ3) is 5.19. The third-order valence-electron chi connectivity index (χ3n) is 5.32. The van der Waals surface area contributed by atoms with Crippen molar-refractivity contribution in [3.63, 3.8) is 0 Å². The van der Waals surface area contributed by atoms with Crippen molar-refractivity contribution in [2.45, 2.75) is 36.8 Å². The van der Waals surface area contributed by atoms with Gasteiger partial charge in [-0.3, -0.25) is 4.79 Å². The number of hydrogen-bond donors (Lipinski definition) is 1. The van der Waals surface area contributed by atoms with Crippen LogP contribution >= 0.6 is 0 Å². The monoisotopic (exact) mass is 433 g/mol. The van der Waals surface area contributed by atoms with E-state index in [1.54, 1.807) is 12.1 Å². The zero-order chi connectivity index (χ0) is 21.6. The number of carboxylic acids is 1. The maximum absolute atomic E-state index is 13.3. The van der Waals surface area contributed by atoms with Gasteiger partial charge in [0, 0.05) is 12.5 Å². The molecule has 0 aliphatic carbocycles. The molecule has 2 aromatic rings. The molecular formula is C22H27NO6S. The molecule has 7 nitrogen and oxygen atoms in total. The molecule has 0 radical (unpaired) electrons. The van der Waals surface area contributed by atoms with Gasteiger partial charge in [-0.25, -0.2) is 8.42 Å². The Morgan fingerprint density at radius 1 is 1.10 bits per heavy atom. The summed E-state index contributed by atoms with van der Waals surface area (Å²) >= 11 is 0. The third-order valence-corrected chi connectivity index (χ3v) is 7.22. The average molecular weight is 434 g/mol. The van der Waals surface area contributed by atoms with Crippen LogP contribution in [0.2, 0.25) is 0 Å². The summed E-state index contributed by atoms with van der Waals surface area (Å²) in [4.78, 5) is 12.2. The molecular weight excluding hydrogens is 406 g/mol. The number of rotatable bonds is 8. The molecule has 8 heteroatoms. The van der Waals surface area contributed by atoms with Gasteiger partial charge in [0.05, 0.1) is 25.2 Å². The van der Waals surface area contributed by atoms with E-state index >= 15 is 0 Å². The Hall–Kier alpha value is -2.42. The first kappa shape index (κ1) is 22.3. The van der Waals surface area contributed by atoms with Crippen LogP contribution in [0.5, 0.6) is 5.75 Å². The Morgan fingerprint density at radius 3 is 2.43 bits per heavy atom. The Bertz CT molecular complexity index is 930. The van der Waals surface area contributed by atoms with Gasteiger partial charge in [0.1, 0.15) is 11.8 Å². The molecule has 1 aliphatic heterocycles. The van der Waals surface area contributed by atoms with Gasteiger partial charge in [0.25, 0.3) is 0 Å².